The van der Waals surface area contributed by atoms with E-state index in [0.29, 0.717) is 11.6 Å². The first-order chi connectivity index (χ1) is 31.2. The van der Waals surface area contributed by atoms with Crippen LogP contribution in [0.25, 0.3) is 118 Å². The maximum atomic E-state index is 5.34. The Hall–Kier alpha value is -8.68. The molecular weight excluding hydrogens is 771 g/mol. The summed E-state index contributed by atoms with van der Waals surface area (Å²) in [5.74, 6) is 1.43. The molecule has 0 saturated carbocycles. The molecule has 0 bridgehead atoms. The lowest BCUT2D eigenvalue weighted by Gasteiger charge is -2.10. The quantitative estimate of drug-likeness (QED) is 0.168. The summed E-state index contributed by atoms with van der Waals surface area (Å²) in [5, 5.41) is 4.71. The van der Waals surface area contributed by atoms with Crippen LogP contribution in [0.1, 0.15) is 11.4 Å². The van der Waals surface area contributed by atoms with Gasteiger partial charge in [-0.2, -0.15) is 0 Å². The van der Waals surface area contributed by atoms with Crippen LogP contribution in [0.4, 0.5) is 0 Å². The predicted molar refractivity (Wildman–Crippen MR) is 261 cm³/mol. The summed E-state index contributed by atoms with van der Waals surface area (Å²) in [6, 6.07) is 67.0. The molecule has 13 aromatic rings. The minimum absolute atomic E-state index is 0.717. The van der Waals surface area contributed by atoms with Crippen molar-refractivity contribution in [3.05, 3.63) is 213 Å². The van der Waals surface area contributed by atoms with Gasteiger partial charge in [0, 0.05) is 32.9 Å². The highest BCUT2D eigenvalue weighted by Crippen LogP contribution is 2.40. The van der Waals surface area contributed by atoms with Gasteiger partial charge < -0.3 is 9.13 Å². The van der Waals surface area contributed by atoms with Crippen molar-refractivity contribution >= 4 is 89.4 Å². The minimum atomic E-state index is 0.717. The molecule has 5 heterocycles. The largest absolute Gasteiger partial charge is 0.309 e. The van der Waals surface area contributed by atoms with Crippen LogP contribution in [0.3, 0.4) is 0 Å². The van der Waals surface area contributed by atoms with Gasteiger partial charge in [-0.25, -0.2) is 14.5 Å². The van der Waals surface area contributed by atoms with Gasteiger partial charge in [0.05, 0.1) is 61.2 Å². The van der Waals surface area contributed by atoms with Gasteiger partial charge in [-0.05, 0) is 120 Å². The van der Waals surface area contributed by atoms with Crippen LogP contribution >= 0.6 is 0 Å². The van der Waals surface area contributed by atoms with Gasteiger partial charge in [0.25, 0.3) is 0 Å². The number of benzene rings is 8. The summed E-state index contributed by atoms with van der Waals surface area (Å²) in [6.45, 7) is 8.64. The van der Waals surface area contributed by atoms with Gasteiger partial charge in [0.2, 0.25) is 11.6 Å². The fourth-order valence-electron chi connectivity index (χ4n) is 9.94. The molecule has 296 valence electrons. The van der Waals surface area contributed by atoms with Crippen molar-refractivity contribution in [3.63, 3.8) is 0 Å². The zero-order chi connectivity index (χ0) is 41.8. The molecule has 8 aromatic carbocycles. The standard InChI is InChI=1S/C56H37N7/c1-3-47-48(4-2)63-54-26-16-13-23-46(54)58-56(63)61(55-57-45-22-12-15-25-53(45)62(47)55)40-29-32-52-44(35-40)43-34-37(28-31-51(43)60(52)39-19-9-6-10-20-39)36-27-30-50-42(33-36)41-21-11-14-24-49(41)59(50)38-17-7-5-8-18-38/h3-35H,1-2H2. The number of hydrogen-bond donors (Lipinski definition) is 0. The van der Waals surface area contributed by atoms with Crippen molar-refractivity contribution in [3.8, 4) is 28.2 Å². The van der Waals surface area contributed by atoms with Gasteiger partial charge in [0.1, 0.15) is 0 Å². The topological polar surface area (TPSA) is 49.4 Å². The Bertz CT molecular complexity index is 3960. The summed E-state index contributed by atoms with van der Waals surface area (Å²) < 4.78 is 11.3. The monoisotopic (exact) mass is 807 g/mol. The second-order valence-electron chi connectivity index (χ2n) is 16.0. The number of nitrogens with zero attached hydrogens (tertiary/aromatic N) is 7. The van der Waals surface area contributed by atoms with Crippen LogP contribution in [0.5, 0.6) is 0 Å². The summed E-state index contributed by atoms with van der Waals surface area (Å²) in [4.78, 5) is 10.7. The Morgan fingerprint density at radius 3 is 1.27 bits per heavy atom. The van der Waals surface area contributed by atoms with E-state index in [9.17, 15) is 0 Å². The first-order valence-corrected chi connectivity index (χ1v) is 21.2. The van der Waals surface area contributed by atoms with Crippen molar-refractivity contribution in [2.24, 2.45) is 0 Å². The number of rotatable bonds is 6. The van der Waals surface area contributed by atoms with Gasteiger partial charge >= 0.3 is 0 Å². The van der Waals surface area contributed by atoms with E-state index in [-0.39, 0.29) is 0 Å². The molecule has 0 N–H and O–H groups in total. The second kappa shape index (κ2) is 13.4. The maximum absolute atomic E-state index is 5.34. The van der Waals surface area contributed by atoms with Crippen LogP contribution in [-0.2, 0) is 0 Å². The molecule has 0 spiro atoms. The zero-order valence-corrected chi connectivity index (χ0v) is 34.1. The number of para-hydroxylation sites is 7. The Balaban J connectivity index is 1.11. The van der Waals surface area contributed by atoms with Gasteiger partial charge in [-0.15, -0.1) is 0 Å². The van der Waals surface area contributed by atoms with Crippen molar-refractivity contribution < 1.29 is 0 Å². The molecule has 0 amide bonds. The Morgan fingerprint density at radius 1 is 0.333 bits per heavy atom. The highest BCUT2D eigenvalue weighted by Gasteiger charge is 2.22. The molecule has 0 aliphatic heterocycles. The average Bonchev–Trinajstić information content (AvgIpc) is 4.07. The third kappa shape index (κ3) is 5.02. The van der Waals surface area contributed by atoms with Crippen molar-refractivity contribution in [1.82, 2.24) is 32.5 Å². The second-order valence-corrected chi connectivity index (χ2v) is 16.0. The lowest BCUT2D eigenvalue weighted by molar-refractivity contribution is 1.02. The summed E-state index contributed by atoms with van der Waals surface area (Å²) >= 11 is 0. The summed E-state index contributed by atoms with van der Waals surface area (Å²) in [7, 11) is 0. The molecule has 63 heavy (non-hydrogen) atoms. The molecule has 0 atom stereocenters. The Labute approximate surface area is 361 Å². The molecule has 5 aromatic heterocycles. The normalized spacial score (nSPS) is 11.9. The summed E-state index contributed by atoms with van der Waals surface area (Å²) in [5.41, 5.74) is 15.5. The van der Waals surface area contributed by atoms with Gasteiger partial charge in [-0.1, -0.05) is 104 Å². The number of aromatic nitrogens is 7. The molecule has 0 aliphatic rings. The van der Waals surface area contributed by atoms with Crippen molar-refractivity contribution in [1.29, 1.82) is 0 Å². The maximum Gasteiger partial charge on any atom is 0.223 e. The minimum Gasteiger partial charge on any atom is -0.309 e. The third-order valence-electron chi connectivity index (χ3n) is 12.7. The molecule has 0 radical (unpaired) electrons. The summed E-state index contributed by atoms with van der Waals surface area (Å²) in [6.07, 6.45) is 3.79. The van der Waals surface area contributed by atoms with E-state index in [1.807, 2.05) is 24.3 Å². The molecular formula is C56H37N7. The van der Waals surface area contributed by atoms with E-state index in [0.717, 1.165) is 83.4 Å². The molecule has 13 rings (SSSR count). The highest BCUT2D eigenvalue weighted by molar-refractivity contribution is 6.13. The van der Waals surface area contributed by atoms with Crippen molar-refractivity contribution in [2.45, 2.75) is 0 Å². The van der Waals surface area contributed by atoms with Crippen molar-refractivity contribution in [2.75, 3.05) is 0 Å². The van der Waals surface area contributed by atoms with E-state index in [1.54, 1.807) is 0 Å². The van der Waals surface area contributed by atoms with Crippen LogP contribution in [-0.4, -0.2) is 32.5 Å². The average molecular weight is 808 g/mol. The molecule has 7 nitrogen and oxygen atoms in total. The smallest absolute Gasteiger partial charge is 0.223 e. The number of fused-ring (bicyclic) bond motifs is 12. The molecule has 0 saturated heterocycles. The first-order valence-electron chi connectivity index (χ1n) is 21.2. The number of hydrogen-bond acceptors (Lipinski definition) is 2. The molecule has 0 aliphatic carbocycles. The lowest BCUT2D eigenvalue weighted by atomic mass is 10.0. The van der Waals surface area contributed by atoms with Crippen LogP contribution < -0.4 is 0 Å². The number of imidazole rings is 2. The third-order valence-corrected chi connectivity index (χ3v) is 12.7. The van der Waals surface area contributed by atoms with E-state index >= 15 is 0 Å². The van der Waals surface area contributed by atoms with E-state index in [4.69, 9.17) is 9.97 Å². The Kier molecular flexibility index (Phi) is 7.47. The van der Waals surface area contributed by atoms with E-state index < -0.39 is 0 Å². The first kappa shape index (κ1) is 35.1. The van der Waals surface area contributed by atoms with Gasteiger partial charge in [0.15, 0.2) is 0 Å². The fourth-order valence-corrected chi connectivity index (χ4v) is 9.94. The predicted octanol–water partition coefficient (Wildman–Crippen LogP) is 13.8. The molecule has 0 fully saturated rings. The van der Waals surface area contributed by atoms with Crippen LogP contribution in [0.2, 0.25) is 0 Å². The zero-order valence-electron chi connectivity index (χ0n) is 34.1. The van der Waals surface area contributed by atoms with Crippen LogP contribution in [0, 0.1) is 0 Å². The van der Waals surface area contributed by atoms with Gasteiger partial charge in [-0.3, -0.25) is 8.80 Å². The Morgan fingerprint density at radius 2 is 0.746 bits per heavy atom. The lowest BCUT2D eigenvalue weighted by Crippen LogP contribution is -2.02. The molecule has 7 heteroatoms. The highest BCUT2D eigenvalue weighted by atomic mass is 15.3. The van der Waals surface area contributed by atoms with E-state index in [2.05, 4.69) is 212 Å². The fraction of sp³-hybridized carbons (Fsp3) is 0. The van der Waals surface area contributed by atoms with E-state index in [1.165, 1.54) is 21.8 Å². The molecule has 0 unspecified atom stereocenters. The SMILES string of the molecule is C=Cc1c(C=C)n2c3ccccc3nc2n(-c2ccc3c(c2)c2cc(-c4ccc5c(c4)c4ccccc4n5-c4ccccc4)ccc2n3-c2ccccc2)c2nc3ccccc3n12. The van der Waals surface area contributed by atoms with Crippen LogP contribution in [0.15, 0.2) is 201 Å².